The first-order valence-corrected chi connectivity index (χ1v) is 20.9. The molecule has 0 aliphatic rings. The highest BCUT2D eigenvalue weighted by molar-refractivity contribution is 5.84. The molecule has 16 nitrogen and oxygen atoms in total. The van der Waals surface area contributed by atoms with Crippen molar-refractivity contribution in [3.8, 4) is 0 Å². The molecule has 0 aliphatic heterocycles. The number of carbonyl (C=O) groups is 6. The maximum Gasteiger partial charge on any atom is 0.326 e. The van der Waals surface area contributed by atoms with Crippen LogP contribution in [0.1, 0.15) is 136 Å². The molecule has 4 amide bonds. The van der Waals surface area contributed by atoms with E-state index < -0.39 is 18.0 Å². The molecule has 0 bridgehead atoms. The monoisotopic (exact) mass is 803 g/mol. The van der Waals surface area contributed by atoms with Crippen molar-refractivity contribution < 1.29 is 57.9 Å². The van der Waals surface area contributed by atoms with Gasteiger partial charge in [0.25, 0.3) is 0 Å². The molecule has 0 unspecified atom stereocenters. The molecule has 0 radical (unpaired) electrons. The zero-order valence-corrected chi connectivity index (χ0v) is 34.3. The maximum absolute atomic E-state index is 12.3. The first kappa shape index (κ1) is 52.7. The van der Waals surface area contributed by atoms with Crippen molar-refractivity contribution in [2.75, 3.05) is 72.5 Å². The summed E-state index contributed by atoms with van der Waals surface area (Å²) in [5, 5.41) is 28.8. The van der Waals surface area contributed by atoms with E-state index in [1.807, 2.05) is 0 Å². The summed E-state index contributed by atoms with van der Waals surface area (Å²) in [5.74, 6) is -2.36. The quantitative estimate of drug-likeness (QED) is 0.0480. The molecule has 0 aliphatic carbocycles. The van der Waals surface area contributed by atoms with Gasteiger partial charge in [0.05, 0.1) is 39.6 Å². The van der Waals surface area contributed by atoms with Gasteiger partial charge in [0.15, 0.2) is 0 Å². The minimum absolute atomic E-state index is 0.00975. The number of amides is 4. The van der Waals surface area contributed by atoms with E-state index in [0.717, 1.165) is 70.6 Å². The lowest BCUT2D eigenvalue weighted by molar-refractivity contribution is -0.142. The number of ether oxygens (including phenoxy) is 4. The molecule has 0 heterocycles. The van der Waals surface area contributed by atoms with Crippen LogP contribution in [-0.2, 0) is 47.7 Å². The zero-order chi connectivity index (χ0) is 41.5. The van der Waals surface area contributed by atoms with Gasteiger partial charge in [-0.25, -0.2) is 4.79 Å². The highest BCUT2D eigenvalue weighted by Gasteiger charge is 2.20. The predicted molar refractivity (Wildman–Crippen MR) is 212 cm³/mol. The van der Waals surface area contributed by atoms with E-state index >= 15 is 0 Å². The first-order chi connectivity index (χ1) is 27.0. The zero-order valence-electron chi connectivity index (χ0n) is 34.3. The van der Waals surface area contributed by atoms with Crippen LogP contribution in [-0.4, -0.2) is 124 Å². The van der Waals surface area contributed by atoms with E-state index in [1.165, 1.54) is 19.3 Å². The van der Waals surface area contributed by atoms with Crippen LogP contribution in [0.2, 0.25) is 0 Å². The lowest BCUT2D eigenvalue weighted by Crippen LogP contribution is -2.41. The van der Waals surface area contributed by atoms with E-state index in [0.29, 0.717) is 38.6 Å². The Morgan fingerprint density at radius 1 is 0.446 bits per heavy atom. The average molecular weight is 803 g/mol. The number of carbonyl (C=O) groups excluding carboxylic acids is 4. The number of unbranched alkanes of at least 4 members (excludes halogenated alkanes) is 12. The SMILES string of the molecule is CC(C)CCCCNC(=O)COCCOCCNC(=O)COCCOCCNC(=O)CC[C@H](NC(=O)CCCCCCCCCCCCCCC(=O)O)C(=O)O. The summed E-state index contributed by atoms with van der Waals surface area (Å²) in [4.78, 5) is 70.2. The summed E-state index contributed by atoms with van der Waals surface area (Å²) in [7, 11) is 0. The van der Waals surface area contributed by atoms with Crippen molar-refractivity contribution in [2.24, 2.45) is 5.92 Å². The number of carboxylic acids is 2. The fraction of sp³-hybridized carbons (Fsp3) is 0.850. The largest absolute Gasteiger partial charge is 0.481 e. The molecule has 0 saturated carbocycles. The van der Waals surface area contributed by atoms with Gasteiger partial charge >= 0.3 is 11.9 Å². The number of rotatable bonds is 41. The number of nitrogens with one attached hydrogen (secondary N) is 4. The molecule has 16 heteroatoms. The van der Waals surface area contributed by atoms with Crippen molar-refractivity contribution in [3.63, 3.8) is 0 Å². The molecule has 6 N–H and O–H groups in total. The van der Waals surface area contributed by atoms with Crippen LogP contribution in [0.25, 0.3) is 0 Å². The molecule has 326 valence electrons. The van der Waals surface area contributed by atoms with Gasteiger partial charge in [-0.15, -0.1) is 0 Å². The Kier molecular flexibility index (Phi) is 36.2. The number of carboxylic acid groups (broad SMARTS) is 2. The fourth-order valence-corrected chi connectivity index (χ4v) is 5.52. The minimum atomic E-state index is -1.18. The molecule has 0 spiro atoms. The summed E-state index contributed by atoms with van der Waals surface area (Å²) in [5.41, 5.74) is 0. The molecule has 0 aromatic rings. The van der Waals surface area contributed by atoms with E-state index in [1.54, 1.807) is 0 Å². The number of hydrogen-bond donors (Lipinski definition) is 6. The molecular formula is C40H74N4O12. The molecule has 1 atom stereocenters. The van der Waals surface area contributed by atoms with Crippen molar-refractivity contribution >= 4 is 35.6 Å². The van der Waals surface area contributed by atoms with Gasteiger partial charge in [-0.1, -0.05) is 90.9 Å². The van der Waals surface area contributed by atoms with Crippen molar-refractivity contribution in [1.82, 2.24) is 21.3 Å². The molecule has 0 aromatic carbocycles. The Labute approximate surface area is 334 Å². The maximum atomic E-state index is 12.3. The standard InChI is InChI=1S/C40H74N4O12/c1-33(2)17-15-16-22-41-37(47)31-55-29-28-54-26-24-43-38(48)32-56-30-27-53-25-23-42-35(45)21-20-34(40(51)52)44-36(46)18-13-11-9-7-5-3-4-6-8-10-12-14-19-39(49)50/h33-34H,3-32H2,1-2H3,(H,41,47)(H,42,45)(H,43,48)(H,44,46)(H,49,50)(H,51,52)/t34-/m0/s1. The number of aliphatic carboxylic acids is 2. The van der Waals surface area contributed by atoms with Crippen LogP contribution in [0.5, 0.6) is 0 Å². The van der Waals surface area contributed by atoms with Crippen LogP contribution in [0.4, 0.5) is 0 Å². The van der Waals surface area contributed by atoms with Crippen LogP contribution >= 0.6 is 0 Å². The lowest BCUT2D eigenvalue weighted by Gasteiger charge is -2.14. The second kappa shape index (κ2) is 38.5. The van der Waals surface area contributed by atoms with Gasteiger partial charge in [-0.3, -0.25) is 24.0 Å². The summed E-state index contributed by atoms with van der Waals surface area (Å²) in [6, 6.07) is -1.14. The normalized spacial score (nSPS) is 11.6. The van der Waals surface area contributed by atoms with E-state index in [2.05, 4.69) is 35.1 Å². The van der Waals surface area contributed by atoms with E-state index in [4.69, 9.17) is 24.1 Å². The highest BCUT2D eigenvalue weighted by Crippen LogP contribution is 2.13. The molecular weight excluding hydrogens is 728 g/mol. The smallest absolute Gasteiger partial charge is 0.326 e. The highest BCUT2D eigenvalue weighted by atomic mass is 16.5. The molecule has 0 saturated heterocycles. The van der Waals surface area contributed by atoms with Gasteiger partial charge < -0.3 is 50.4 Å². The Morgan fingerprint density at radius 2 is 0.893 bits per heavy atom. The summed E-state index contributed by atoms with van der Waals surface area (Å²) in [6.07, 6.45) is 16.0. The lowest BCUT2D eigenvalue weighted by atomic mass is 10.0. The van der Waals surface area contributed by atoms with Gasteiger partial charge in [-0.2, -0.15) is 0 Å². The van der Waals surface area contributed by atoms with Crippen molar-refractivity contribution in [2.45, 2.75) is 142 Å². The Morgan fingerprint density at radius 3 is 1.38 bits per heavy atom. The van der Waals surface area contributed by atoms with Crippen LogP contribution in [0.15, 0.2) is 0 Å². The Hall–Kier alpha value is -3.34. The summed E-state index contributed by atoms with van der Waals surface area (Å²) >= 11 is 0. The molecule has 0 fully saturated rings. The van der Waals surface area contributed by atoms with Crippen molar-refractivity contribution in [1.29, 1.82) is 0 Å². The van der Waals surface area contributed by atoms with E-state index in [9.17, 15) is 33.9 Å². The fourth-order valence-electron chi connectivity index (χ4n) is 5.52. The van der Waals surface area contributed by atoms with Gasteiger partial charge in [0.2, 0.25) is 23.6 Å². The molecule has 0 aromatic heterocycles. The Bertz CT molecular complexity index is 1050. The van der Waals surface area contributed by atoms with Gasteiger partial charge in [0, 0.05) is 38.9 Å². The minimum Gasteiger partial charge on any atom is -0.481 e. The first-order valence-electron chi connectivity index (χ1n) is 20.9. The van der Waals surface area contributed by atoms with Crippen LogP contribution in [0, 0.1) is 5.92 Å². The molecule has 0 rings (SSSR count). The summed E-state index contributed by atoms with van der Waals surface area (Å²) in [6.45, 7) is 6.87. The third-order valence-corrected chi connectivity index (χ3v) is 8.72. The Balaban J connectivity index is 3.65. The third-order valence-electron chi connectivity index (χ3n) is 8.72. The van der Waals surface area contributed by atoms with Gasteiger partial charge in [0.1, 0.15) is 19.3 Å². The topological polar surface area (TPSA) is 228 Å². The predicted octanol–water partition coefficient (Wildman–Crippen LogP) is 4.12. The molecule has 56 heavy (non-hydrogen) atoms. The third kappa shape index (κ3) is 38.9. The van der Waals surface area contributed by atoms with Gasteiger partial charge in [-0.05, 0) is 31.6 Å². The van der Waals surface area contributed by atoms with Crippen LogP contribution in [0.3, 0.4) is 0 Å². The van der Waals surface area contributed by atoms with Crippen molar-refractivity contribution in [3.05, 3.63) is 0 Å². The van der Waals surface area contributed by atoms with Crippen LogP contribution < -0.4 is 21.3 Å². The van der Waals surface area contributed by atoms with E-state index in [-0.39, 0.29) is 95.5 Å². The second-order valence-corrected chi connectivity index (χ2v) is 14.4. The summed E-state index contributed by atoms with van der Waals surface area (Å²) < 4.78 is 21.3. The average Bonchev–Trinajstić information content (AvgIpc) is 3.14. The number of hydrogen-bond acceptors (Lipinski definition) is 10. The second-order valence-electron chi connectivity index (χ2n) is 14.4.